The van der Waals surface area contributed by atoms with E-state index in [2.05, 4.69) is 9.44 Å². The fourth-order valence-corrected chi connectivity index (χ4v) is 3.38. The molecular weight excluding hydrogens is 238 g/mol. The van der Waals surface area contributed by atoms with Crippen molar-refractivity contribution in [2.45, 2.75) is 39.0 Å². The maximum absolute atomic E-state index is 11.6. The second-order valence-electron chi connectivity index (χ2n) is 4.79. The molecule has 102 valence electrons. The fraction of sp³-hybridized carbons (Fsp3) is 1.00. The van der Waals surface area contributed by atoms with E-state index < -0.39 is 10.2 Å². The highest BCUT2D eigenvalue weighted by atomic mass is 32.2. The number of nitrogens with one attached hydrogen (secondary N) is 2. The van der Waals surface area contributed by atoms with Gasteiger partial charge in [-0.25, -0.2) is 9.44 Å². The first-order valence-corrected chi connectivity index (χ1v) is 8.01. The highest BCUT2D eigenvalue weighted by Crippen LogP contribution is 2.28. The third-order valence-electron chi connectivity index (χ3n) is 3.45. The third kappa shape index (κ3) is 5.33. The largest absolute Gasteiger partial charge is 0.330 e. The minimum atomic E-state index is -3.32. The van der Waals surface area contributed by atoms with Crippen LogP contribution in [0.2, 0.25) is 0 Å². The maximum Gasteiger partial charge on any atom is 0.276 e. The van der Waals surface area contributed by atoms with Crippen molar-refractivity contribution in [2.75, 3.05) is 19.6 Å². The fourth-order valence-electron chi connectivity index (χ4n) is 2.37. The van der Waals surface area contributed by atoms with Gasteiger partial charge in [-0.1, -0.05) is 19.8 Å². The third-order valence-corrected chi connectivity index (χ3v) is 4.58. The second kappa shape index (κ2) is 7.31. The molecule has 0 radical (unpaired) electrons. The smallest absolute Gasteiger partial charge is 0.276 e. The summed E-state index contributed by atoms with van der Waals surface area (Å²) in [7, 11) is -3.32. The molecule has 0 aromatic carbocycles. The van der Waals surface area contributed by atoms with Crippen molar-refractivity contribution < 1.29 is 8.42 Å². The first kappa shape index (κ1) is 14.9. The zero-order valence-corrected chi connectivity index (χ0v) is 11.4. The lowest BCUT2D eigenvalue weighted by molar-refractivity contribution is 0.244. The van der Waals surface area contributed by atoms with Gasteiger partial charge < -0.3 is 5.73 Å². The van der Waals surface area contributed by atoms with Gasteiger partial charge in [-0.05, 0) is 37.6 Å². The summed E-state index contributed by atoms with van der Waals surface area (Å²) < 4.78 is 28.3. The topological polar surface area (TPSA) is 84.2 Å². The van der Waals surface area contributed by atoms with Crippen LogP contribution < -0.4 is 15.2 Å². The molecule has 2 unspecified atom stereocenters. The molecule has 1 aliphatic carbocycles. The van der Waals surface area contributed by atoms with Crippen LogP contribution in [0.4, 0.5) is 0 Å². The van der Waals surface area contributed by atoms with E-state index in [1.54, 1.807) is 0 Å². The molecule has 1 saturated carbocycles. The Balaban J connectivity index is 2.37. The van der Waals surface area contributed by atoms with E-state index in [0.29, 0.717) is 31.5 Å². The number of hydrogen-bond acceptors (Lipinski definition) is 3. The van der Waals surface area contributed by atoms with E-state index in [1.165, 1.54) is 12.8 Å². The van der Waals surface area contributed by atoms with Gasteiger partial charge in [0.15, 0.2) is 0 Å². The Morgan fingerprint density at radius 2 is 1.82 bits per heavy atom. The second-order valence-corrected chi connectivity index (χ2v) is 6.37. The van der Waals surface area contributed by atoms with Crippen LogP contribution in [0.3, 0.4) is 0 Å². The first-order valence-electron chi connectivity index (χ1n) is 6.53. The molecule has 0 aromatic rings. The molecular formula is C11H25N3O2S. The van der Waals surface area contributed by atoms with Crippen molar-refractivity contribution in [3.63, 3.8) is 0 Å². The van der Waals surface area contributed by atoms with Crippen LogP contribution in [0, 0.1) is 11.8 Å². The van der Waals surface area contributed by atoms with Crippen LogP contribution in [-0.4, -0.2) is 28.1 Å². The molecule has 0 spiro atoms. The van der Waals surface area contributed by atoms with Crippen molar-refractivity contribution >= 4 is 10.2 Å². The van der Waals surface area contributed by atoms with E-state index in [-0.39, 0.29) is 0 Å². The van der Waals surface area contributed by atoms with E-state index in [0.717, 1.165) is 19.3 Å². The molecule has 5 nitrogen and oxygen atoms in total. The maximum atomic E-state index is 11.6. The van der Waals surface area contributed by atoms with Crippen LogP contribution >= 0.6 is 0 Å². The molecule has 17 heavy (non-hydrogen) atoms. The van der Waals surface area contributed by atoms with Gasteiger partial charge in [0.05, 0.1) is 0 Å². The molecule has 0 bridgehead atoms. The van der Waals surface area contributed by atoms with Crippen molar-refractivity contribution in [3.05, 3.63) is 0 Å². The Bertz CT molecular complexity index is 306. The Morgan fingerprint density at radius 3 is 2.41 bits per heavy atom. The average Bonchev–Trinajstić information content (AvgIpc) is 2.34. The summed E-state index contributed by atoms with van der Waals surface area (Å²) in [5.41, 5.74) is 5.72. The summed E-state index contributed by atoms with van der Waals surface area (Å²) in [4.78, 5) is 0. The molecule has 6 heteroatoms. The highest BCUT2D eigenvalue weighted by Gasteiger charge is 2.25. The van der Waals surface area contributed by atoms with E-state index in [9.17, 15) is 8.42 Å². The van der Waals surface area contributed by atoms with Gasteiger partial charge in [0.1, 0.15) is 0 Å². The molecule has 1 aliphatic rings. The molecule has 1 rings (SSSR count). The lowest BCUT2D eigenvalue weighted by Gasteiger charge is -2.30. The van der Waals surface area contributed by atoms with Crippen LogP contribution in [-0.2, 0) is 10.2 Å². The molecule has 2 atom stereocenters. The van der Waals surface area contributed by atoms with Gasteiger partial charge >= 0.3 is 0 Å². The Kier molecular flexibility index (Phi) is 6.40. The Labute approximate surface area is 105 Å². The van der Waals surface area contributed by atoms with Gasteiger partial charge in [0.25, 0.3) is 10.2 Å². The summed E-state index contributed by atoms with van der Waals surface area (Å²) in [5, 5.41) is 0. The highest BCUT2D eigenvalue weighted by molar-refractivity contribution is 7.87. The molecule has 0 amide bonds. The number of nitrogens with two attached hydrogens (primary N) is 1. The zero-order chi connectivity index (χ0) is 12.7. The SMILES string of the molecule is CCCNS(=O)(=O)NCC1CCCCC1CN. The lowest BCUT2D eigenvalue weighted by atomic mass is 9.79. The van der Waals surface area contributed by atoms with Gasteiger partial charge in [0.2, 0.25) is 0 Å². The van der Waals surface area contributed by atoms with Crippen molar-refractivity contribution in [1.29, 1.82) is 0 Å². The number of rotatable bonds is 7. The van der Waals surface area contributed by atoms with Gasteiger partial charge in [-0.2, -0.15) is 8.42 Å². The van der Waals surface area contributed by atoms with Crippen LogP contribution in [0.1, 0.15) is 39.0 Å². The van der Waals surface area contributed by atoms with Gasteiger partial charge in [0, 0.05) is 13.1 Å². The molecule has 0 aromatic heterocycles. The quantitative estimate of drug-likeness (QED) is 0.628. The van der Waals surface area contributed by atoms with Crippen molar-refractivity contribution in [2.24, 2.45) is 17.6 Å². The van der Waals surface area contributed by atoms with Crippen LogP contribution in [0.25, 0.3) is 0 Å². The molecule has 4 N–H and O–H groups in total. The number of hydrogen-bond donors (Lipinski definition) is 3. The summed E-state index contributed by atoms with van der Waals surface area (Å²) in [5.74, 6) is 0.865. The minimum absolute atomic E-state index is 0.395. The normalized spacial score (nSPS) is 26.0. The first-order chi connectivity index (χ1) is 8.09. The Morgan fingerprint density at radius 1 is 1.18 bits per heavy atom. The monoisotopic (exact) mass is 263 g/mol. The summed E-state index contributed by atoms with van der Waals surface area (Å²) in [6.07, 6.45) is 5.42. The Hall–Kier alpha value is -0.170. The van der Waals surface area contributed by atoms with E-state index in [1.807, 2.05) is 6.92 Å². The van der Waals surface area contributed by atoms with Crippen LogP contribution in [0.15, 0.2) is 0 Å². The zero-order valence-electron chi connectivity index (χ0n) is 10.6. The van der Waals surface area contributed by atoms with E-state index in [4.69, 9.17) is 5.73 Å². The van der Waals surface area contributed by atoms with Gasteiger partial charge in [-0.3, -0.25) is 0 Å². The van der Waals surface area contributed by atoms with Crippen LogP contribution in [0.5, 0.6) is 0 Å². The lowest BCUT2D eigenvalue weighted by Crippen LogP contribution is -2.42. The predicted octanol–water partition coefficient (Wildman–Crippen LogP) is 0.586. The van der Waals surface area contributed by atoms with Crippen molar-refractivity contribution in [3.8, 4) is 0 Å². The standard InChI is InChI=1S/C11H25N3O2S/c1-2-7-13-17(15,16)14-9-11-6-4-3-5-10(11)8-12/h10-11,13-14H,2-9,12H2,1H3. The predicted molar refractivity (Wildman–Crippen MR) is 69.7 cm³/mol. The molecule has 1 fully saturated rings. The molecule has 0 aliphatic heterocycles. The summed E-state index contributed by atoms with van der Waals surface area (Å²) in [6.45, 7) is 3.60. The molecule has 0 saturated heterocycles. The molecule has 0 heterocycles. The summed E-state index contributed by atoms with van der Waals surface area (Å²) in [6, 6.07) is 0. The van der Waals surface area contributed by atoms with Gasteiger partial charge in [-0.15, -0.1) is 0 Å². The van der Waals surface area contributed by atoms with Crippen molar-refractivity contribution in [1.82, 2.24) is 9.44 Å². The minimum Gasteiger partial charge on any atom is -0.330 e. The van der Waals surface area contributed by atoms with E-state index >= 15 is 0 Å². The average molecular weight is 263 g/mol. The summed E-state index contributed by atoms with van der Waals surface area (Å²) >= 11 is 0.